The van der Waals surface area contributed by atoms with Gasteiger partial charge in [-0.15, -0.1) is 0 Å². The van der Waals surface area contributed by atoms with Gasteiger partial charge in [-0.2, -0.15) is 0 Å². The highest BCUT2D eigenvalue weighted by molar-refractivity contribution is 7.80. The molecule has 8 heteroatoms. The van der Waals surface area contributed by atoms with E-state index in [0.717, 1.165) is 22.3 Å². The smallest absolute Gasteiger partial charge is 0.274 e. The predicted molar refractivity (Wildman–Crippen MR) is 123 cm³/mol. The van der Waals surface area contributed by atoms with Gasteiger partial charge >= 0.3 is 0 Å². The average Bonchev–Trinajstić information content (AvgIpc) is 3.08. The van der Waals surface area contributed by atoms with Gasteiger partial charge in [0.05, 0.1) is 24.3 Å². The molecule has 0 radical (unpaired) electrons. The number of hydrogen-bond donors (Lipinski definition) is 1. The Bertz CT molecular complexity index is 1280. The molecule has 2 aliphatic rings. The maximum Gasteiger partial charge on any atom is 0.274 e. The number of anilines is 1. The van der Waals surface area contributed by atoms with E-state index in [1.54, 1.807) is 11.6 Å². The Morgan fingerprint density at radius 1 is 1.06 bits per heavy atom. The number of nitrogens with zero attached hydrogens (tertiary/aromatic N) is 3. The second-order valence-electron chi connectivity index (χ2n) is 7.79. The summed E-state index contributed by atoms with van der Waals surface area (Å²) in [7, 11) is 1.75. The van der Waals surface area contributed by atoms with Crippen molar-refractivity contribution in [2.24, 2.45) is 7.05 Å². The molecule has 0 aliphatic carbocycles. The molecular weight excluding hydrogens is 412 g/mol. The third-order valence-corrected chi connectivity index (χ3v) is 6.28. The summed E-state index contributed by atoms with van der Waals surface area (Å²) in [5.74, 6) is -0.302. The molecule has 0 atom stereocenters. The van der Waals surface area contributed by atoms with E-state index < -0.39 is 0 Å². The standard InChI is InChI=1S/C23H22N4O3S/c1-26-17(9-8-15-7-6-14-4-2-3-5-16(14)24-15)18-19(21(28)25-22(18)31)20(23(26)29)27-10-12-30-13-11-27/h2-7H,8-13H2,1H3,(H,25,28,31). The van der Waals surface area contributed by atoms with Crippen LogP contribution in [0, 0.1) is 0 Å². The number of rotatable bonds is 4. The summed E-state index contributed by atoms with van der Waals surface area (Å²) in [5.41, 5.74) is 3.94. The van der Waals surface area contributed by atoms with Crippen LogP contribution in [-0.2, 0) is 24.6 Å². The number of aryl methyl sites for hydroxylation is 1. The van der Waals surface area contributed by atoms with Crippen molar-refractivity contribution in [1.82, 2.24) is 14.9 Å². The largest absolute Gasteiger partial charge is 0.378 e. The lowest BCUT2D eigenvalue weighted by molar-refractivity contribution is 0.0981. The van der Waals surface area contributed by atoms with E-state index in [0.29, 0.717) is 60.9 Å². The zero-order valence-electron chi connectivity index (χ0n) is 17.2. The molecule has 1 amide bonds. The van der Waals surface area contributed by atoms with Crippen LogP contribution >= 0.6 is 12.2 Å². The third-order valence-electron chi connectivity index (χ3n) is 5.97. The molecule has 0 saturated carbocycles. The van der Waals surface area contributed by atoms with Gasteiger partial charge in [-0.25, -0.2) is 0 Å². The number of pyridine rings is 2. The molecule has 158 valence electrons. The Labute approximate surface area is 184 Å². The molecule has 1 N–H and O–H groups in total. The Morgan fingerprint density at radius 3 is 2.65 bits per heavy atom. The zero-order chi connectivity index (χ0) is 21.5. The highest BCUT2D eigenvalue weighted by Gasteiger charge is 2.35. The van der Waals surface area contributed by atoms with Crippen molar-refractivity contribution in [3.05, 3.63) is 69.3 Å². The van der Waals surface area contributed by atoms with Gasteiger partial charge in [-0.1, -0.05) is 36.5 Å². The normalized spacial score (nSPS) is 16.0. The number of thiocarbonyl (C=S) groups is 1. The van der Waals surface area contributed by atoms with Crippen LogP contribution in [0.1, 0.15) is 27.3 Å². The first-order valence-corrected chi connectivity index (χ1v) is 10.7. The first-order chi connectivity index (χ1) is 15.0. The Kier molecular flexibility index (Phi) is 5.03. The predicted octanol–water partition coefficient (Wildman–Crippen LogP) is 1.97. The third kappa shape index (κ3) is 3.41. The Morgan fingerprint density at radius 2 is 1.84 bits per heavy atom. The molecule has 31 heavy (non-hydrogen) atoms. The van der Waals surface area contributed by atoms with Gasteiger partial charge in [0.1, 0.15) is 10.7 Å². The van der Waals surface area contributed by atoms with E-state index in [2.05, 4.69) is 11.4 Å². The van der Waals surface area contributed by atoms with E-state index in [4.69, 9.17) is 21.9 Å². The van der Waals surface area contributed by atoms with E-state index in [1.165, 1.54) is 0 Å². The van der Waals surface area contributed by atoms with Gasteiger partial charge in [0.2, 0.25) is 0 Å². The van der Waals surface area contributed by atoms with Crippen molar-refractivity contribution in [3.8, 4) is 0 Å². The summed E-state index contributed by atoms with van der Waals surface area (Å²) in [4.78, 5) is 33.1. The Hall–Kier alpha value is -3.10. The van der Waals surface area contributed by atoms with Crippen molar-refractivity contribution >= 4 is 39.7 Å². The van der Waals surface area contributed by atoms with Gasteiger partial charge in [0.25, 0.3) is 11.5 Å². The number of ether oxygens (including phenoxy) is 1. The highest BCUT2D eigenvalue weighted by atomic mass is 32.1. The van der Waals surface area contributed by atoms with E-state index in [1.807, 2.05) is 35.2 Å². The molecule has 3 aromatic rings. The number of fused-ring (bicyclic) bond motifs is 2. The number of aromatic nitrogens is 2. The van der Waals surface area contributed by atoms with Crippen LogP contribution in [0.4, 0.5) is 5.69 Å². The lowest BCUT2D eigenvalue weighted by Crippen LogP contribution is -2.42. The fourth-order valence-corrected chi connectivity index (χ4v) is 4.69. The minimum absolute atomic E-state index is 0.179. The highest BCUT2D eigenvalue weighted by Crippen LogP contribution is 2.29. The lowest BCUT2D eigenvalue weighted by Gasteiger charge is -2.30. The quantitative estimate of drug-likeness (QED) is 0.633. The molecule has 7 nitrogen and oxygen atoms in total. The van der Waals surface area contributed by atoms with E-state index in [9.17, 15) is 9.59 Å². The van der Waals surface area contributed by atoms with Gasteiger partial charge < -0.3 is 19.5 Å². The first kappa shape index (κ1) is 19.8. The number of carbonyl (C=O) groups excluding carboxylic acids is 1. The molecule has 5 rings (SSSR count). The summed E-state index contributed by atoms with van der Waals surface area (Å²) < 4.78 is 7.05. The van der Waals surface area contributed by atoms with Crippen LogP contribution in [0.3, 0.4) is 0 Å². The number of para-hydroxylation sites is 1. The van der Waals surface area contributed by atoms with Gasteiger partial charge in [0, 0.05) is 42.5 Å². The minimum Gasteiger partial charge on any atom is -0.378 e. The van der Waals surface area contributed by atoms with E-state index in [-0.39, 0.29) is 11.5 Å². The maximum atomic E-state index is 13.3. The van der Waals surface area contributed by atoms with Crippen molar-refractivity contribution in [1.29, 1.82) is 0 Å². The molecule has 0 unspecified atom stereocenters. The second-order valence-corrected chi connectivity index (χ2v) is 8.20. The molecule has 2 aliphatic heterocycles. The zero-order valence-corrected chi connectivity index (χ0v) is 18.0. The average molecular weight is 435 g/mol. The van der Waals surface area contributed by atoms with Crippen LogP contribution in [0.2, 0.25) is 0 Å². The molecule has 1 aromatic carbocycles. The van der Waals surface area contributed by atoms with Crippen LogP contribution < -0.4 is 15.8 Å². The molecule has 1 fully saturated rings. The van der Waals surface area contributed by atoms with Crippen LogP contribution in [0.5, 0.6) is 0 Å². The van der Waals surface area contributed by atoms with Crippen LogP contribution in [-0.4, -0.2) is 46.8 Å². The molecular formula is C23H22N4O3S. The fourth-order valence-electron chi connectivity index (χ4n) is 4.38. The van der Waals surface area contributed by atoms with Crippen molar-refractivity contribution < 1.29 is 9.53 Å². The monoisotopic (exact) mass is 434 g/mol. The van der Waals surface area contributed by atoms with Crippen LogP contribution in [0.25, 0.3) is 10.9 Å². The summed E-state index contributed by atoms with van der Waals surface area (Å²) in [6.45, 7) is 2.20. The molecule has 1 saturated heterocycles. The van der Waals surface area contributed by atoms with Gasteiger partial charge in [-0.3, -0.25) is 14.6 Å². The Balaban J connectivity index is 1.55. The number of amides is 1. The molecule has 0 bridgehead atoms. The summed E-state index contributed by atoms with van der Waals surface area (Å²) >= 11 is 5.49. The summed E-state index contributed by atoms with van der Waals surface area (Å²) in [6, 6.07) is 12.0. The minimum atomic E-state index is -0.302. The van der Waals surface area contributed by atoms with Gasteiger partial charge in [0.15, 0.2) is 0 Å². The molecule has 0 spiro atoms. The number of carbonyl (C=O) groups is 1. The summed E-state index contributed by atoms with van der Waals surface area (Å²) in [5, 5.41) is 3.83. The van der Waals surface area contributed by atoms with Crippen LogP contribution in [0.15, 0.2) is 41.2 Å². The molecule has 2 aromatic heterocycles. The number of hydrogen-bond acceptors (Lipinski definition) is 6. The van der Waals surface area contributed by atoms with Crippen molar-refractivity contribution in [2.75, 3.05) is 31.2 Å². The second kappa shape index (κ2) is 7.86. The number of nitrogens with one attached hydrogen (secondary N) is 1. The summed E-state index contributed by atoms with van der Waals surface area (Å²) in [6.07, 6.45) is 1.19. The lowest BCUT2D eigenvalue weighted by atomic mass is 10.0. The van der Waals surface area contributed by atoms with Crippen molar-refractivity contribution in [2.45, 2.75) is 12.8 Å². The van der Waals surface area contributed by atoms with E-state index >= 15 is 0 Å². The fraction of sp³-hybridized carbons (Fsp3) is 0.304. The molecule has 4 heterocycles. The van der Waals surface area contributed by atoms with Crippen molar-refractivity contribution in [3.63, 3.8) is 0 Å². The number of benzene rings is 1. The SMILES string of the molecule is Cn1c(CCc2ccc3ccccc3n2)c2c(c(N3CCOCC3)c1=O)C(=O)NC2=S. The number of morpholine rings is 1. The first-order valence-electron chi connectivity index (χ1n) is 10.3. The van der Waals surface area contributed by atoms with Gasteiger partial charge in [-0.05, 0) is 25.0 Å². The topological polar surface area (TPSA) is 76.5 Å². The maximum absolute atomic E-state index is 13.3.